The van der Waals surface area contributed by atoms with Crippen molar-refractivity contribution in [1.82, 2.24) is 15.0 Å². The van der Waals surface area contributed by atoms with Crippen molar-refractivity contribution in [2.24, 2.45) is 0 Å². The molecule has 0 unspecified atom stereocenters. The van der Waals surface area contributed by atoms with Gasteiger partial charge in [-0.05, 0) is 58.7 Å². The predicted molar refractivity (Wildman–Crippen MR) is 145 cm³/mol. The second kappa shape index (κ2) is 11.9. The van der Waals surface area contributed by atoms with E-state index in [4.69, 9.17) is 24.1 Å². The first-order valence-corrected chi connectivity index (χ1v) is 12.3. The minimum Gasteiger partial charge on any atom is -0.473 e. The van der Waals surface area contributed by atoms with Crippen LogP contribution in [0.5, 0.6) is 5.88 Å². The first kappa shape index (κ1) is 29.1. The predicted octanol–water partition coefficient (Wildman–Crippen LogP) is 6.40. The molecule has 10 heteroatoms. The van der Waals surface area contributed by atoms with Gasteiger partial charge in [0.15, 0.2) is 11.6 Å². The number of pyridine rings is 1. The molecule has 2 aromatic heterocycles. The number of rotatable bonds is 7. The molecule has 0 aliphatic rings. The highest BCUT2D eigenvalue weighted by Crippen LogP contribution is 2.22. The Morgan fingerprint density at radius 3 is 2.08 bits per heavy atom. The van der Waals surface area contributed by atoms with Crippen LogP contribution in [-0.2, 0) is 22.5 Å². The Kier molecular flexibility index (Phi) is 8.90. The third-order valence-electron chi connectivity index (χ3n) is 4.95. The second-order valence-electron chi connectivity index (χ2n) is 10.8. The van der Waals surface area contributed by atoms with Gasteiger partial charge in [-0.15, -0.1) is 0 Å². The lowest BCUT2D eigenvalue weighted by molar-refractivity contribution is 0.0149. The van der Waals surface area contributed by atoms with Crippen molar-refractivity contribution in [3.63, 3.8) is 0 Å². The molecule has 206 valence electrons. The van der Waals surface area contributed by atoms with Crippen molar-refractivity contribution in [3.8, 4) is 5.88 Å². The van der Waals surface area contributed by atoms with Crippen molar-refractivity contribution in [3.05, 3.63) is 83.9 Å². The fraction of sp³-hybridized carbons (Fsp3) is 0.345. The van der Waals surface area contributed by atoms with E-state index in [-0.39, 0.29) is 11.3 Å². The molecular weight excluding hydrogens is 500 g/mol. The van der Waals surface area contributed by atoms with Gasteiger partial charge in [0.1, 0.15) is 17.8 Å². The zero-order valence-electron chi connectivity index (χ0n) is 23.1. The number of hydrogen-bond acceptors (Lipinski definition) is 9. The largest absolute Gasteiger partial charge is 0.473 e. The van der Waals surface area contributed by atoms with Crippen LogP contribution in [-0.4, -0.2) is 44.3 Å². The number of benzene rings is 1. The number of amides is 2. The maximum absolute atomic E-state index is 12.8. The molecular formula is C29H34N4O6. The second-order valence-corrected chi connectivity index (χ2v) is 10.8. The van der Waals surface area contributed by atoms with Crippen LogP contribution in [0.15, 0.2) is 65.8 Å². The number of hydrogen-bond donors (Lipinski definition) is 1. The first-order valence-electron chi connectivity index (χ1n) is 12.3. The van der Waals surface area contributed by atoms with Gasteiger partial charge in [0.05, 0.1) is 11.3 Å². The highest BCUT2D eigenvalue weighted by Gasteiger charge is 2.36. The van der Waals surface area contributed by atoms with E-state index in [1.165, 1.54) is 0 Å². The van der Waals surface area contributed by atoms with Crippen LogP contribution in [0.2, 0.25) is 0 Å². The summed E-state index contributed by atoms with van der Waals surface area (Å²) in [5, 5.41) is 12.6. The Bertz CT molecular complexity index is 1290. The molecule has 0 aliphatic carbocycles. The lowest BCUT2D eigenvalue weighted by atomic mass is 10.1. The molecule has 3 rings (SSSR count). The molecule has 0 atom stereocenters. The SMILES string of the molecule is C=C(C(=N)N(C(=O)OC(C)(C)C)C(=O)OC(C)(C)C)c1cc(Cc2ccc(COc3ccccn3)cc2)no1. The van der Waals surface area contributed by atoms with Gasteiger partial charge in [-0.2, -0.15) is 4.90 Å². The Morgan fingerprint density at radius 2 is 1.54 bits per heavy atom. The molecule has 39 heavy (non-hydrogen) atoms. The van der Waals surface area contributed by atoms with Crippen LogP contribution >= 0.6 is 0 Å². The Balaban J connectivity index is 1.68. The fourth-order valence-electron chi connectivity index (χ4n) is 3.21. The van der Waals surface area contributed by atoms with Gasteiger partial charge in [-0.3, -0.25) is 5.41 Å². The van der Waals surface area contributed by atoms with Crippen LogP contribution in [0.25, 0.3) is 5.57 Å². The number of carbonyl (C=O) groups is 2. The standard InChI is InChI=1S/C29H34N4O6/c1-19(25(30)33(26(34)37-28(2,3)4)27(35)38-29(5,6)7)23-17-22(32-39-23)16-20-11-13-21(14-12-20)18-36-24-10-8-9-15-31-24/h8-15,17,30H,1,16,18H2,2-7H3. The molecule has 2 heterocycles. The molecule has 1 N–H and O–H groups in total. The molecule has 0 saturated carbocycles. The summed E-state index contributed by atoms with van der Waals surface area (Å²) >= 11 is 0. The summed E-state index contributed by atoms with van der Waals surface area (Å²) in [6.45, 7) is 14.1. The maximum atomic E-state index is 12.8. The summed E-state index contributed by atoms with van der Waals surface area (Å²) in [4.78, 5) is 30.3. The Labute approximate surface area is 228 Å². The third kappa shape index (κ3) is 8.80. The molecule has 0 radical (unpaired) electrons. The quantitative estimate of drug-likeness (QED) is 0.272. The lowest BCUT2D eigenvalue weighted by Gasteiger charge is -2.28. The number of nitrogens with zero attached hydrogens (tertiary/aromatic N) is 3. The number of ether oxygens (including phenoxy) is 3. The van der Waals surface area contributed by atoms with E-state index >= 15 is 0 Å². The van der Waals surface area contributed by atoms with Gasteiger partial charge < -0.3 is 18.7 Å². The number of amidine groups is 1. The zero-order valence-corrected chi connectivity index (χ0v) is 23.1. The smallest absolute Gasteiger partial charge is 0.425 e. The number of aromatic nitrogens is 2. The number of nitrogens with one attached hydrogen (secondary N) is 1. The molecule has 3 aromatic rings. The monoisotopic (exact) mass is 534 g/mol. The average Bonchev–Trinajstić information content (AvgIpc) is 3.30. The van der Waals surface area contributed by atoms with Gasteiger partial charge in [0, 0.05) is 24.8 Å². The molecule has 1 aromatic carbocycles. The van der Waals surface area contributed by atoms with E-state index in [0.29, 0.717) is 29.5 Å². The molecule has 10 nitrogen and oxygen atoms in total. The average molecular weight is 535 g/mol. The highest BCUT2D eigenvalue weighted by atomic mass is 16.6. The van der Waals surface area contributed by atoms with E-state index in [9.17, 15) is 9.59 Å². The van der Waals surface area contributed by atoms with Gasteiger partial charge in [0.2, 0.25) is 5.88 Å². The van der Waals surface area contributed by atoms with Crippen LogP contribution in [0.4, 0.5) is 9.59 Å². The summed E-state index contributed by atoms with van der Waals surface area (Å²) in [6, 6.07) is 14.9. The summed E-state index contributed by atoms with van der Waals surface area (Å²) in [6.07, 6.45) is 0.00482. The van der Waals surface area contributed by atoms with E-state index in [2.05, 4.69) is 16.7 Å². The van der Waals surface area contributed by atoms with Crippen LogP contribution in [0.3, 0.4) is 0 Å². The topological polar surface area (TPSA) is 128 Å². The summed E-state index contributed by atoms with van der Waals surface area (Å²) in [5.74, 6) is 0.144. The van der Waals surface area contributed by atoms with E-state index in [0.717, 1.165) is 11.1 Å². The Hall–Kier alpha value is -4.47. The first-order chi connectivity index (χ1) is 18.2. The zero-order chi connectivity index (χ0) is 28.8. The van der Waals surface area contributed by atoms with Crippen LogP contribution in [0, 0.1) is 5.41 Å². The third-order valence-corrected chi connectivity index (χ3v) is 4.95. The van der Waals surface area contributed by atoms with Crippen molar-refractivity contribution in [2.75, 3.05) is 0 Å². The molecule has 0 fully saturated rings. The number of carbonyl (C=O) groups excluding carboxylic acids is 2. The van der Waals surface area contributed by atoms with Gasteiger partial charge in [-0.25, -0.2) is 14.6 Å². The van der Waals surface area contributed by atoms with Crippen LogP contribution < -0.4 is 4.74 Å². The van der Waals surface area contributed by atoms with Crippen molar-refractivity contribution in [2.45, 2.75) is 65.8 Å². The summed E-state index contributed by atoms with van der Waals surface area (Å²) in [5.41, 5.74) is 0.694. The van der Waals surface area contributed by atoms with Crippen molar-refractivity contribution in [1.29, 1.82) is 5.41 Å². The van der Waals surface area contributed by atoms with E-state index in [1.54, 1.807) is 59.9 Å². The van der Waals surface area contributed by atoms with E-state index < -0.39 is 29.2 Å². The minimum atomic E-state index is -1.06. The number of imide groups is 1. The summed E-state index contributed by atoms with van der Waals surface area (Å²) in [7, 11) is 0. The molecule has 0 saturated heterocycles. The minimum absolute atomic E-state index is 0.0347. The highest BCUT2D eigenvalue weighted by molar-refractivity contribution is 6.28. The molecule has 0 aliphatic heterocycles. The lowest BCUT2D eigenvalue weighted by Crippen LogP contribution is -2.46. The van der Waals surface area contributed by atoms with Crippen molar-refractivity contribution >= 4 is 23.6 Å². The van der Waals surface area contributed by atoms with Gasteiger partial charge in [-0.1, -0.05) is 42.1 Å². The molecule has 0 spiro atoms. The normalized spacial score (nSPS) is 11.4. The van der Waals surface area contributed by atoms with Gasteiger partial charge in [0.25, 0.3) is 0 Å². The van der Waals surface area contributed by atoms with Crippen molar-refractivity contribution < 1.29 is 28.3 Å². The Morgan fingerprint density at radius 1 is 0.949 bits per heavy atom. The van der Waals surface area contributed by atoms with Gasteiger partial charge >= 0.3 is 12.2 Å². The molecule has 0 bridgehead atoms. The van der Waals surface area contributed by atoms with Crippen LogP contribution in [0.1, 0.15) is 64.1 Å². The fourth-order valence-corrected chi connectivity index (χ4v) is 3.21. The summed E-state index contributed by atoms with van der Waals surface area (Å²) < 4.78 is 21.7. The molecule has 2 amide bonds. The maximum Gasteiger partial charge on any atom is 0.425 e. The van der Waals surface area contributed by atoms with E-state index in [1.807, 2.05) is 36.4 Å².